The Morgan fingerprint density at radius 1 is 1.33 bits per heavy atom. The molecular weight excluding hydrogens is 293 g/mol. The van der Waals surface area contributed by atoms with E-state index in [2.05, 4.69) is 5.32 Å². The summed E-state index contributed by atoms with van der Waals surface area (Å²) >= 11 is 12.1. The van der Waals surface area contributed by atoms with Crippen LogP contribution in [0.2, 0.25) is 10.0 Å². The van der Waals surface area contributed by atoms with Crippen molar-refractivity contribution in [1.29, 1.82) is 0 Å². The molecule has 0 amide bonds. The van der Waals surface area contributed by atoms with Crippen molar-refractivity contribution in [3.05, 3.63) is 33.8 Å². The monoisotopic (exact) mass is 309 g/mol. The van der Waals surface area contributed by atoms with E-state index in [4.69, 9.17) is 23.2 Å². The topological polar surface area (TPSA) is 46.2 Å². The highest BCUT2D eigenvalue weighted by atomic mass is 35.5. The summed E-state index contributed by atoms with van der Waals surface area (Å²) < 4.78 is 23.4. The number of rotatable bonds is 5. The van der Waals surface area contributed by atoms with Gasteiger partial charge in [0.2, 0.25) is 0 Å². The Hall–Kier alpha value is -0.290. The molecule has 1 aromatic rings. The Morgan fingerprint density at radius 3 is 2.44 bits per heavy atom. The van der Waals surface area contributed by atoms with Gasteiger partial charge in [-0.05, 0) is 37.2 Å². The SMILES string of the molecule is CCNC(c1cc(Cl)ccc1Cl)C(C)S(C)(=O)=O. The Balaban J connectivity index is 3.23. The van der Waals surface area contributed by atoms with Crippen molar-refractivity contribution in [1.82, 2.24) is 5.32 Å². The van der Waals surface area contributed by atoms with Gasteiger partial charge in [-0.25, -0.2) is 8.42 Å². The minimum atomic E-state index is -3.17. The van der Waals surface area contributed by atoms with Crippen LogP contribution >= 0.6 is 23.2 Å². The number of benzene rings is 1. The Labute approximate surface area is 118 Å². The summed E-state index contributed by atoms with van der Waals surface area (Å²) in [5, 5.41) is 3.63. The lowest BCUT2D eigenvalue weighted by Gasteiger charge is -2.25. The lowest BCUT2D eigenvalue weighted by Crippen LogP contribution is -2.35. The molecule has 0 aliphatic heterocycles. The molecule has 0 spiro atoms. The fourth-order valence-electron chi connectivity index (χ4n) is 1.75. The summed E-state index contributed by atoms with van der Waals surface area (Å²) in [7, 11) is -3.17. The second kappa shape index (κ2) is 6.24. The van der Waals surface area contributed by atoms with E-state index < -0.39 is 15.1 Å². The van der Waals surface area contributed by atoms with E-state index in [-0.39, 0.29) is 6.04 Å². The number of hydrogen-bond acceptors (Lipinski definition) is 3. The van der Waals surface area contributed by atoms with E-state index in [9.17, 15) is 8.42 Å². The highest BCUT2D eigenvalue weighted by molar-refractivity contribution is 7.91. The van der Waals surface area contributed by atoms with E-state index in [1.165, 1.54) is 6.26 Å². The Kier molecular flexibility index (Phi) is 5.46. The molecule has 0 saturated heterocycles. The molecule has 102 valence electrons. The van der Waals surface area contributed by atoms with Gasteiger partial charge in [0.15, 0.2) is 9.84 Å². The first-order chi connectivity index (χ1) is 8.27. The fourth-order valence-corrected chi connectivity index (χ4v) is 2.90. The zero-order valence-corrected chi connectivity index (χ0v) is 12.9. The van der Waals surface area contributed by atoms with Crippen LogP contribution in [0.5, 0.6) is 0 Å². The summed E-state index contributed by atoms with van der Waals surface area (Å²) in [5.41, 5.74) is 0.712. The van der Waals surface area contributed by atoms with Crippen LogP contribution in [-0.4, -0.2) is 26.5 Å². The molecule has 0 aromatic heterocycles. The van der Waals surface area contributed by atoms with Crippen molar-refractivity contribution >= 4 is 33.0 Å². The van der Waals surface area contributed by atoms with Crippen LogP contribution in [0.1, 0.15) is 25.5 Å². The van der Waals surface area contributed by atoms with Crippen LogP contribution in [0, 0.1) is 0 Å². The fraction of sp³-hybridized carbons (Fsp3) is 0.500. The molecule has 1 aromatic carbocycles. The molecule has 0 fully saturated rings. The first-order valence-corrected chi connectivity index (χ1v) is 8.35. The Morgan fingerprint density at radius 2 is 1.94 bits per heavy atom. The number of nitrogens with one attached hydrogen (secondary N) is 1. The van der Waals surface area contributed by atoms with E-state index in [1.54, 1.807) is 25.1 Å². The first-order valence-electron chi connectivity index (χ1n) is 5.64. The quantitative estimate of drug-likeness (QED) is 0.909. The third-order valence-corrected chi connectivity index (χ3v) is 5.06. The van der Waals surface area contributed by atoms with E-state index >= 15 is 0 Å². The Bertz CT molecular complexity index is 517. The molecule has 0 bridgehead atoms. The minimum Gasteiger partial charge on any atom is -0.309 e. The molecule has 2 atom stereocenters. The van der Waals surface area contributed by atoms with Gasteiger partial charge in [0.1, 0.15) is 0 Å². The van der Waals surface area contributed by atoms with Crippen molar-refractivity contribution in [2.75, 3.05) is 12.8 Å². The zero-order valence-electron chi connectivity index (χ0n) is 10.6. The number of sulfone groups is 1. The maximum Gasteiger partial charge on any atom is 0.151 e. The molecule has 1 N–H and O–H groups in total. The largest absolute Gasteiger partial charge is 0.309 e. The molecule has 0 saturated carbocycles. The van der Waals surface area contributed by atoms with E-state index in [0.29, 0.717) is 22.2 Å². The smallest absolute Gasteiger partial charge is 0.151 e. The average Bonchev–Trinajstić information content (AvgIpc) is 2.27. The summed E-state index contributed by atoms with van der Waals surface area (Å²) in [5.74, 6) is 0. The average molecular weight is 310 g/mol. The molecule has 1 rings (SSSR count). The summed E-state index contributed by atoms with van der Waals surface area (Å²) in [6, 6.07) is 4.70. The van der Waals surface area contributed by atoms with Crippen LogP contribution in [-0.2, 0) is 9.84 Å². The van der Waals surface area contributed by atoms with Crippen LogP contribution in [0.15, 0.2) is 18.2 Å². The first kappa shape index (κ1) is 15.8. The normalized spacial score (nSPS) is 15.4. The predicted molar refractivity (Wildman–Crippen MR) is 77.2 cm³/mol. The third-order valence-electron chi connectivity index (χ3n) is 2.86. The van der Waals surface area contributed by atoms with Crippen LogP contribution in [0.4, 0.5) is 0 Å². The van der Waals surface area contributed by atoms with Crippen LogP contribution < -0.4 is 5.32 Å². The van der Waals surface area contributed by atoms with Crippen molar-refractivity contribution in [2.24, 2.45) is 0 Å². The maximum atomic E-state index is 11.7. The van der Waals surface area contributed by atoms with Gasteiger partial charge in [-0.1, -0.05) is 30.1 Å². The minimum absolute atomic E-state index is 0.365. The second-order valence-electron chi connectivity index (χ2n) is 4.24. The maximum absolute atomic E-state index is 11.7. The lowest BCUT2D eigenvalue weighted by molar-refractivity contribution is 0.513. The van der Waals surface area contributed by atoms with Gasteiger partial charge in [-0.2, -0.15) is 0 Å². The number of halogens is 2. The van der Waals surface area contributed by atoms with Crippen LogP contribution in [0.3, 0.4) is 0 Å². The van der Waals surface area contributed by atoms with Crippen molar-refractivity contribution in [3.8, 4) is 0 Å². The van der Waals surface area contributed by atoms with Gasteiger partial charge in [0, 0.05) is 16.3 Å². The van der Waals surface area contributed by atoms with Gasteiger partial charge in [0.25, 0.3) is 0 Å². The molecule has 0 aliphatic carbocycles. The van der Waals surface area contributed by atoms with Gasteiger partial charge < -0.3 is 5.32 Å². The predicted octanol–water partition coefficient (Wildman–Crippen LogP) is 3.08. The van der Waals surface area contributed by atoms with Crippen molar-refractivity contribution in [3.63, 3.8) is 0 Å². The summed E-state index contributed by atoms with van der Waals surface area (Å²) in [6.45, 7) is 4.23. The van der Waals surface area contributed by atoms with E-state index in [1.807, 2.05) is 6.92 Å². The van der Waals surface area contributed by atoms with Gasteiger partial charge in [-0.3, -0.25) is 0 Å². The molecule has 18 heavy (non-hydrogen) atoms. The second-order valence-corrected chi connectivity index (χ2v) is 7.48. The number of hydrogen-bond donors (Lipinski definition) is 1. The lowest BCUT2D eigenvalue weighted by atomic mass is 10.0. The van der Waals surface area contributed by atoms with Crippen molar-refractivity contribution in [2.45, 2.75) is 25.1 Å². The molecule has 2 unspecified atom stereocenters. The van der Waals surface area contributed by atoms with Gasteiger partial charge in [0.05, 0.1) is 11.3 Å². The highest BCUT2D eigenvalue weighted by Gasteiger charge is 2.28. The molecule has 0 heterocycles. The van der Waals surface area contributed by atoms with Gasteiger partial charge in [-0.15, -0.1) is 0 Å². The van der Waals surface area contributed by atoms with Gasteiger partial charge >= 0.3 is 0 Å². The van der Waals surface area contributed by atoms with Crippen molar-refractivity contribution < 1.29 is 8.42 Å². The van der Waals surface area contributed by atoms with Crippen LogP contribution in [0.25, 0.3) is 0 Å². The highest BCUT2D eigenvalue weighted by Crippen LogP contribution is 2.30. The summed E-state index contributed by atoms with van der Waals surface area (Å²) in [4.78, 5) is 0. The summed E-state index contributed by atoms with van der Waals surface area (Å²) in [6.07, 6.45) is 1.22. The molecule has 3 nitrogen and oxygen atoms in total. The molecule has 0 radical (unpaired) electrons. The van der Waals surface area contributed by atoms with E-state index in [0.717, 1.165) is 0 Å². The molecule has 6 heteroatoms. The molecule has 0 aliphatic rings. The zero-order chi connectivity index (χ0) is 13.9. The molecular formula is C12H17Cl2NO2S. The standard InChI is InChI=1S/C12H17Cl2NO2S/c1-4-15-12(8(2)18(3,16)17)10-7-9(13)5-6-11(10)14/h5-8,12,15H,4H2,1-3H3. The third kappa shape index (κ3) is 3.85.